The fourth-order valence-electron chi connectivity index (χ4n) is 2.56. The molecular weight excluding hydrogens is 285 g/mol. The van der Waals surface area contributed by atoms with Crippen molar-refractivity contribution in [1.29, 1.82) is 0 Å². The van der Waals surface area contributed by atoms with E-state index in [1.807, 2.05) is 0 Å². The molecule has 122 valence electrons. The molecule has 1 heterocycles. The number of likely N-dealkylation sites (tertiary alicyclic amines) is 1. The molecule has 0 unspecified atom stereocenters. The van der Waals surface area contributed by atoms with Crippen LogP contribution in [0.15, 0.2) is 18.2 Å². The van der Waals surface area contributed by atoms with Gasteiger partial charge in [0.05, 0.1) is 6.10 Å². The highest BCUT2D eigenvalue weighted by atomic mass is 19.1. The van der Waals surface area contributed by atoms with Crippen molar-refractivity contribution in [1.82, 2.24) is 10.2 Å². The highest BCUT2D eigenvalue weighted by molar-refractivity contribution is 5.89. The topological polar surface area (TPSA) is 64.6 Å². The molecule has 0 aromatic heterocycles. The quantitative estimate of drug-likeness (QED) is 0.780. The van der Waals surface area contributed by atoms with Crippen molar-refractivity contribution in [3.05, 3.63) is 29.6 Å². The maximum absolute atomic E-state index is 13.4. The number of nitrogens with one attached hydrogen (secondary N) is 2. The Bertz CT molecular complexity index is 504. The number of rotatable bonds is 5. The van der Waals surface area contributed by atoms with Crippen LogP contribution in [0, 0.1) is 12.7 Å². The van der Waals surface area contributed by atoms with Crippen LogP contribution in [-0.2, 0) is 0 Å². The molecule has 0 spiro atoms. The number of piperidine rings is 1. The molecule has 22 heavy (non-hydrogen) atoms. The molecule has 3 N–H and O–H groups in total. The summed E-state index contributed by atoms with van der Waals surface area (Å²) in [6, 6.07) is 4.08. The second-order valence-electron chi connectivity index (χ2n) is 5.81. The highest BCUT2D eigenvalue weighted by Gasteiger charge is 2.15. The lowest BCUT2D eigenvalue weighted by Crippen LogP contribution is -2.42. The van der Waals surface area contributed by atoms with Gasteiger partial charge in [0.1, 0.15) is 5.82 Å². The standard InChI is InChI=1S/C16H24FN3O2/c1-12-5-6-13(9-15(12)17)19-16(22)18-10-14(21)11-20-7-3-2-4-8-20/h5-6,9,14,21H,2-4,7-8,10-11H2,1H3,(H2,18,19,22)/t14-/m1/s1. The average Bonchev–Trinajstić information content (AvgIpc) is 2.50. The highest BCUT2D eigenvalue weighted by Crippen LogP contribution is 2.13. The number of hydrogen-bond donors (Lipinski definition) is 3. The Morgan fingerprint density at radius 1 is 1.36 bits per heavy atom. The summed E-state index contributed by atoms with van der Waals surface area (Å²) in [5, 5.41) is 15.1. The van der Waals surface area contributed by atoms with Gasteiger partial charge in [-0.15, -0.1) is 0 Å². The maximum atomic E-state index is 13.4. The van der Waals surface area contributed by atoms with Crippen LogP contribution < -0.4 is 10.6 Å². The van der Waals surface area contributed by atoms with E-state index in [1.165, 1.54) is 25.3 Å². The van der Waals surface area contributed by atoms with Gasteiger partial charge in [-0.05, 0) is 50.6 Å². The lowest BCUT2D eigenvalue weighted by atomic mass is 10.1. The van der Waals surface area contributed by atoms with Crippen molar-refractivity contribution in [3.63, 3.8) is 0 Å². The number of benzene rings is 1. The fraction of sp³-hybridized carbons (Fsp3) is 0.562. The average molecular weight is 309 g/mol. The van der Waals surface area contributed by atoms with Gasteiger partial charge in [0.25, 0.3) is 0 Å². The summed E-state index contributed by atoms with van der Waals surface area (Å²) < 4.78 is 13.4. The number of β-amino-alcohol motifs (C(OH)–C–C–N with tert-alkyl or cyclic N) is 1. The first-order valence-corrected chi connectivity index (χ1v) is 7.76. The minimum atomic E-state index is -0.599. The van der Waals surface area contributed by atoms with E-state index in [2.05, 4.69) is 15.5 Å². The van der Waals surface area contributed by atoms with Crippen molar-refractivity contribution in [2.24, 2.45) is 0 Å². The third kappa shape index (κ3) is 5.27. The molecule has 1 atom stereocenters. The van der Waals surface area contributed by atoms with E-state index in [0.29, 0.717) is 17.8 Å². The Morgan fingerprint density at radius 3 is 2.77 bits per heavy atom. The van der Waals surface area contributed by atoms with E-state index < -0.39 is 12.1 Å². The third-order valence-electron chi connectivity index (χ3n) is 3.85. The van der Waals surface area contributed by atoms with Gasteiger partial charge in [-0.25, -0.2) is 9.18 Å². The fourth-order valence-corrected chi connectivity index (χ4v) is 2.56. The molecule has 1 aromatic rings. The van der Waals surface area contributed by atoms with Crippen molar-refractivity contribution in [2.45, 2.75) is 32.3 Å². The van der Waals surface area contributed by atoms with E-state index in [-0.39, 0.29) is 12.4 Å². The zero-order valence-corrected chi connectivity index (χ0v) is 12.9. The van der Waals surface area contributed by atoms with Crippen LogP contribution in [0.3, 0.4) is 0 Å². The molecule has 0 radical (unpaired) electrons. The van der Waals surface area contributed by atoms with Gasteiger partial charge in [-0.1, -0.05) is 12.5 Å². The number of aliphatic hydroxyl groups is 1. The van der Waals surface area contributed by atoms with E-state index in [4.69, 9.17) is 0 Å². The Labute approximate surface area is 130 Å². The van der Waals surface area contributed by atoms with Gasteiger partial charge in [-0.3, -0.25) is 0 Å². The van der Waals surface area contributed by atoms with Crippen LogP contribution in [0.25, 0.3) is 0 Å². The Kier molecular flexibility index (Phi) is 6.15. The number of halogens is 1. The number of aryl methyl sites for hydroxylation is 1. The minimum absolute atomic E-state index is 0.177. The number of urea groups is 1. The Hall–Kier alpha value is -1.66. The van der Waals surface area contributed by atoms with Crippen molar-refractivity contribution in [2.75, 3.05) is 31.5 Å². The van der Waals surface area contributed by atoms with Crippen LogP contribution >= 0.6 is 0 Å². The normalized spacial score (nSPS) is 17.0. The number of carbonyl (C=O) groups excluding carboxylic acids is 1. The van der Waals surface area contributed by atoms with Crippen molar-refractivity contribution < 1.29 is 14.3 Å². The Morgan fingerprint density at radius 2 is 2.09 bits per heavy atom. The molecule has 1 aromatic carbocycles. The van der Waals surface area contributed by atoms with Crippen molar-refractivity contribution >= 4 is 11.7 Å². The van der Waals surface area contributed by atoms with Crippen LogP contribution in [0.1, 0.15) is 24.8 Å². The maximum Gasteiger partial charge on any atom is 0.319 e. The molecule has 1 fully saturated rings. The summed E-state index contributed by atoms with van der Waals surface area (Å²) in [6.45, 7) is 4.42. The van der Waals surface area contributed by atoms with Gasteiger partial charge in [-0.2, -0.15) is 0 Å². The first-order chi connectivity index (χ1) is 10.5. The molecule has 5 nitrogen and oxygen atoms in total. The summed E-state index contributed by atoms with van der Waals surface area (Å²) >= 11 is 0. The van der Waals surface area contributed by atoms with Crippen LogP contribution in [0.5, 0.6) is 0 Å². The van der Waals surface area contributed by atoms with Crippen LogP contribution in [-0.4, -0.2) is 48.3 Å². The van der Waals surface area contributed by atoms with Gasteiger partial charge in [0.15, 0.2) is 0 Å². The molecule has 1 saturated heterocycles. The summed E-state index contributed by atoms with van der Waals surface area (Å²) in [6.07, 6.45) is 2.98. The molecule has 1 aliphatic rings. The second kappa shape index (κ2) is 8.10. The van der Waals surface area contributed by atoms with Gasteiger partial charge < -0.3 is 20.6 Å². The summed E-state index contributed by atoms with van der Waals surface area (Å²) in [7, 11) is 0. The van der Waals surface area contributed by atoms with Gasteiger partial charge in [0.2, 0.25) is 0 Å². The number of anilines is 1. The predicted octanol–water partition coefficient (Wildman–Crippen LogP) is 2.10. The monoisotopic (exact) mass is 309 g/mol. The number of carbonyl (C=O) groups is 1. The molecule has 2 amide bonds. The van der Waals surface area contributed by atoms with E-state index in [9.17, 15) is 14.3 Å². The van der Waals surface area contributed by atoms with E-state index >= 15 is 0 Å². The largest absolute Gasteiger partial charge is 0.390 e. The molecule has 0 saturated carbocycles. The lowest BCUT2D eigenvalue weighted by molar-refractivity contribution is 0.102. The Balaban J connectivity index is 1.71. The van der Waals surface area contributed by atoms with Gasteiger partial charge >= 0.3 is 6.03 Å². The van der Waals surface area contributed by atoms with Crippen molar-refractivity contribution in [3.8, 4) is 0 Å². The lowest BCUT2D eigenvalue weighted by Gasteiger charge is -2.28. The molecule has 2 rings (SSSR count). The molecule has 6 heteroatoms. The summed E-state index contributed by atoms with van der Waals surface area (Å²) in [5.41, 5.74) is 0.925. The summed E-state index contributed by atoms with van der Waals surface area (Å²) in [5.74, 6) is -0.358. The first-order valence-electron chi connectivity index (χ1n) is 7.76. The first kappa shape index (κ1) is 16.7. The number of nitrogens with zero attached hydrogens (tertiary/aromatic N) is 1. The second-order valence-corrected chi connectivity index (χ2v) is 5.81. The number of amides is 2. The number of hydrogen-bond acceptors (Lipinski definition) is 3. The predicted molar refractivity (Wildman–Crippen MR) is 84.5 cm³/mol. The van der Waals surface area contributed by atoms with E-state index in [1.54, 1.807) is 19.1 Å². The van der Waals surface area contributed by atoms with E-state index in [0.717, 1.165) is 13.1 Å². The molecule has 0 bridgehead atoms. The third-order valence-corrected chi connectivity index (χ3v) is 3.85. The van der Waals surface area contributed by atoms with Crippen LogP contribution in [0.4, 0.5) is 14.9 Å². The molecular formula is C16H24FN3O2. The zero-order chi connectivity index (χ0) is 15.9. The summed E-state index contributed by atoms with van der Waals surface area (Å²) in [4.78, 5) is 13.9. The zero-order valence-electron chi connectivity index (χ0n) is 12.9. The SMILES string of the molecule is Cc1ccc(NC(=O)NC[C@@H](O)CN2CCCCC2)cc1F. The minimum Gasteiger partial charge on any atom is -0.390 e. The number of aliphatic hydroxyl groups excluding tert-OH is 1. The smallest absolute Gasteiger partial charge is 0.319 e. The molecule has 1 aliphatic heterocycles. The molecule has 0 aliphatic carbocycles. The van der Waals surface area contributed by atoms with Gasteiger partial charge in [0, 0.05) is 18.8 Å². The van der Waals surface area contributed by atoms with Crippen LogP contribution in [0.2, 0.25) is 0 Å².